The van der Waals surface area contributed by atoms with Crippen molar-refractivity contribution in [3.05, 3.63) is 123 Å². The van der Waals surface area contributed by atoms with Crippen molar-refractivity contribution >= 4 is 41.9 Å². The highest BCUT2D eigenvalue weighted by atomic mass is 35.5. The van der Waals surface area contributed by atoms with Crippen LogP contribution in [0.15, 0.2) is 91.0 Å². The van der Waals surface area contributed by atoms with Crippen molar-refractivity contribution in [2.24, 2.45) is 0 Å². The second kappa shape index (κ2) is 12.5. The minimum Gasteiger partial charge on any atom is -0.396 e. The highest BCUT2D eigenvalue weighted by molar-refractivity contribution is 6.54. The molecule has 0 aliphatic rings. The highest BCUT2D eigenvalue weighted by Gasteiger charge is 2.40. The third kappa shape index (κ3) is 7.03. The third-order valence-corrected chi connectivity index (χ3v) is 8.19. The normalized spacial score (nSPS) is 12.7. The van der Waals surface area contributed by atoms with Crippen molar-refractivity contribution < 1.29 is 39.5 Å². The number of hydrogen-bond acceptors (Lipinski definition) is 3. The first-order chi connectivity index (χ1) is 22.9. The molecule has 254 valence electrons. The van der Waals surface area contributed by atoms with Gasteiger partial charge in [0.1, 0.15) is 0 Å². The lowest BCUT2D eigenvalue weighted by Gasteiger charge is -2.32. The molecule has 0 N–H and O–H groups in total. The van der Waals surface area contributed by atoms with Crippen LogP contribution in [0.3, 0.4) is 0 Å². The van der Waals surface area contributed by atoms with E-state index in [0.29, 0.717) is 32.0 Å². The molecule has 0 saturated heterocycles. The van der Waals surface area contributed by atoms with E-state index >= 15 is 0 Å². The quantitative estimate of drug-likeness (QED) is 0.126. The molecule has 49 heavy (non-hydrogen) atoms. The van der Waals surface area contributed by atoms with E-state index in [-0.39, 0.29) is 48.8 Å². The standard InChI is InChI=1S/C30H16BCl3F9N6/c32-19-7-1-16(2-8-19)22-13-25(28(35,36)37)44-47(22)31(48-23(14-26(45-48)29(38,39)40)17-3-9-20(33)10-4-17)49-24(15-27(46-49)30(41,42)43)18-5-11-21(34)12-6-18/h1-15,31H/q-1. The summed E-state index contributed by atoms with van der Waals surface area (Å²) in [6.07, 6.45) is -15.3. The first-order valence-electron chi connectivity index (χ1n) is 13.9. The lowest BCUT2D eigenvalue weighted by molar-refractivity contribution is -0.142. The largest absolute Gasteiger partial charge is 0.435 e. The smallest absolute Gasteiger partial charge is 0.396 e. The van der Waals surface area contributed by atoms with Crippen molar-refractivity contribution in [2.45, 2.75) is 18.5 Å². The zero-order chi connectivity index (χ0) is 35.5. The Labute approximate surface area is 285 Å². The van der Waals surface area contributed by atoms with E-state index < -0.39 is 42.7 Å². The van der Waals surface area contributed by atoms with E-state index in [1.54, 1.807) is 0 Å². The maximum absolute atomic E-state index is 14.3. The molecule has 6 aromatic rings. The zero-order valence-electron chi connectivity index (χ0n) is 24.1. The summed E-state index contributed by atoms with van der Waals surface area (Å²) in [5, 5.41) is 11.8. The molecule has 3 heterocycles. The molecule has 6 nitrogen and oxygen atoms in total. The van der Waals surface area contributed by atoms with Gasteiger partial charge in [-0.1, -0.05) is 71.2 Å². The van der Waals surface area contributed by atoms with Gasteiger partial charge < -0.3 is 13.8 Å². The van der Waals surface area contributed by atoms with Crippen molar-refractivity contribution in [1.82, 2.24) is 29.1 Å². The Hall–Kier alpha value is -4.41. The van der Waals surface area contributed by atoms with Crippen molar-refractivity contribution in [1.29, 1.82) is 0 Å². The summed E-state index contributed by atoms with van der Waals surface area (Å²) < 4.78 is 130. The molecular weight excluding hydrogens is 733 g/mol. The van der Waals surface area contributed by atoms with Crippen LogP contribution >= 0.6 is 34.8 Å². The predicted molar refractivity (Wildman–Crippen MR) is 166 cm³/mol. The Bertz CT molecular complexity index is 1880. The minimum atomic E-state index is -5.09. The number of aromatic nitrogens is 6. The number of benzene rings is 3. The molecule has 0 aliphatic carbocycles. The van der Waals surface area contributed by atoms with Gasteiger partial charge in [-0.25, -0.2) is 15.3 Å². The molecule has 0 amide bonds. The van der Waals surface area contributed by atoms with Crippen LogP contribution < -0.4 is 0 Å². The van der Waals surface area contributed by atoms with E-state index in [1.165, 1.54) is 72.8 Å². The summed E-state index contributed by atoms with van der Waals surface area (Å²) in [5.41, 5.74) is -5.29. The molecule has 0 bridgehead atoms. The number of rotatable bonds is 6. The molecule has 0 radical (unpaired) electrons. The van der Waals surface area contributed by atoms with Crippen LogP contribution in [0.4, 0.5) is 39.5 Å². The van der Waals surface area contributed by atoms with Crippen molar-refractivity contribution in [3.63, 3.8) is 0 Å². The Morgan fingerprint density at radius 3 is 0.837 bits per heavy atom. The van der Waals surface area contributed by atoms with Gasteiger partial charge in [0.25, 0.3) is 0 Å². The molecule has 6 rings (SSSR count). The Morgan fingerprint density at radius 2 is 0.633 bits per heavy atom. The predicted octanol–water partition coefficient (Wildman–Crippen LogP) is 9.96. The van der Waals surface area contributed by atoms with Crippen LogP contribution in [-0.2, 0) is 18.5 Å². The van der Waals surface area contributed by atoms with Crippen LogP contribution in [0.2, 0.25) is 15.1 Å². The van der Waals surface area contributed by atoms with Crippen LogP contribution in [-0.4, -0.2) is 36.2 Å². The van der Waals surface area contributed by atoms with Gasteiger partial charge >= 0.3 is 25.6 Å². The highest BCUT2D eigenvalue weighted by Crippen LogP contribution is 2.38. The molecule has 3 aromatic carbocycles. The van der Waals surface area contributed by atoms with E-state index in [9.17, 15) is 39.5 Å². The Balaban J connectivity index is 1.76. The Morgan fingerprint density at radius 1 is 0.408 bits per heavy atom. The van der Waals surface area contributed by atoms with Crippen LogP contribution in [0, 0.1) is 0 Å². The molecule has 0 spiro atoms. The average molecular weight is 749 g/mol. The lowest BCUT2D eigenvalue weighted by atomic mass is 9.90. The number of halogens is 12. The molecule has 0 saturated carbocycles. The summed E-state index contributed by atoms with van der Waals surface area (Å²) in [4.78, 5) is 0. The number of hydrogen-bond donors (Lipinski definition) is 0. The van der Waals surface area contributed by atoms with Gasteiger partial charge in [0.2, 0.25) is 0 Å². The van der Waals surface area contributed by atoms with E-state index in [2.05, 4.69) is 15.3 Å². The molecular formula is C30H16BCl3F9N6-. The summed E-state index contributed by atoms with van der Waals surface area (Å²) >= 11 is 18.0. The molecule has 0 unspecified atom stereocenters. The van der Waals surface area contributed by atoms with Gasteiger partial charge in [-0.05, 0) is 71.3 Å². The number of alkyl halides is 9. The van der Waals surface area contributed by atoms with E-state index in [0.717, 1.165) is 0 Å². The van der Waals surface area contributed by atoms with E-state index in [4.69, 9.17) is 34.8 Å². The van der Waals surface area contributed by atoms with Gasteiger partial charge in [-0.3, -0.25) is 0 Å². The van der Waals surface area contributed by atoms with Gasteiger partial charge in [0, 0.05) is 32.1 Å². The summed E-state index contributed by atoms with van der Waals surface area (Å²) in [6.45, 7) is 0. The monoisotopic (exact) mass is 747 g/mol. The van der Waals surface area contributed by atoms with Gasteiger partial charge in [0.05, 0.1) is 0 Å². The van der Waals surface area contributed by atoms with Gasteiger partial charge in [-0.2, -0.15) is 39.5 Å². The fourth-order valence-corrected chi connectivity index (χ4v) is 5.63. The van der Waals surface area contributed by atoms with Gasteiger partial charge in [0.15, 0.2) is 17.1 Å². The van der Waals surface area contributed by atoms with Crippen molar-refractivity contribution in [3.8, 4) is 33.8 Å². The molecule has 3 aromatic heterocycles. The molecule has 0 fully saturated rings. The molecule has 19 heteroatoms. The third-order valence-electron chi connectivity index (χ3n) is 7.43. The lowest BCUT2D eigenvalue weighted by Crippen LogP contribution is -2.45. The van der Waals surface area contributed by atoms with Crippen LogP contribution in [0.1, 0.15) is 17.1 Å². The van der Waals surface area contributed by atoms with Crippen LogP contribution in [0.5, 0.6) is 0 Å². The fourth-order valence-electron chi connectivity index (χ4n) is 5.25. The van der Waals surface area contributed by atoms with Crippen molar-refractivity contribution in [2.75, 3.05) is 0 Å². The number of nitrogens with zero attached hydrogens (tertiary/aromatic N) is 6. The maximum Gasteiger partial charge on any atom is 0.435 e. The first kappa shape index (κ1) is 34.5. The van der Waals surface area contributed by atoms with Crippen LogP contribution in [0.25, 0.3) is 33.8 Å². The summed E-state index contributed by atoms with van der Waals surface area (Å²) in [7, 11) is -3.45. The topological polar surface area (TPSA) is 53.5 Å². The summed E-state index contributed by atoms with van der Waals surface area (Å²) in [6, 6.07) is 17.8. The zero-order valence-corrected chi connectivity index (χ0v) is 26.4. The fraction of sp³-hybridized carbons (Fsp3) is 0.100. The SMILES string of the molecule is FC(F)(F)c1cc(-c2ccc(Cl)cc2)n([BH-](n2nc(C(F)(F)F)cc2-c2ccc(Cl)cc2)n2nc(C(F)(F)F)cc2-c2ccc(Cl)cc2)n1. The van der Waals surface area contributed by atoms with E-state index in [1.807, 2.05) is 0 Å². The Kier molecular flexibility index (Phi) is 8.78. The minimum absolute atomic E-state index is 0.0531. The average Bonchev–Trinajstić information content (AvgIpc) is 3.77. The summed E-state index contributed by atoms with van der Waals surface area (Å²) in [5.74, 6) is 0. The second-order valence-electron chi connectivity index (χ2n) is 10.7. The molecule has 0 atom stereocenters. The second-order valence-corrected chi connectivity index (χ2v) is 12.0. The molecule has 0 aliphatic heterocycles. The van der Waals surface area contributed by atoms with Gasteiger partial charge in [-0.15, -0.1) is 0 Å². The maximum atomic E-state index is 14.3. The first-order valence-corrected chi connectivity index (χ1v) is 15.0.